The number of nitrogens with one attached hydrogen (secondary N) is 2. The third kappa shape index (κ3) is 7.39. The lowest BCUT2D eigenvalue weighted by molar-refractivity contribution is -0.137. The maximum absolute atomic E-state index is 13.1. The summed E-state index contributed by atoms with van der Waals surface area (Å²) in [5.74, 6) is 2.17. The predicted molar refractivity (Wildman–Crippen MR) is 161 cm³/mol. The van der Waals surface area contributed by atoms with E-state index in [4.69, 9.17) is 24.2 Å². The van der Waals surface area contributed by atoms with Gasteiger partial charge in [-0.3, -0.25) is 4.90 Å². The summed E-state index contributed by atoms with van der Waals surface area (Å²) in [6.07, 6.45) is -2.79. The molecule has 0 aliphatic heterocycles. The Morgan fingerprint density at radius 2 is 1.53 bits per heavy atom. The van der Waals surface area contributed by atoms with E-state index in [0.29, 0.717) is 64.1 Å². The van der Waals surface area contributed by atoms with Crippen molar-refractivity contribution in [2.75, 3.05) is 45.1 Å². The Morgan fingerprint density at radius 3 is 2.07 bits per heavy atom. The molecule has 0 saturated heterocycles. The van der Waals surface area contributed by atoms with E-state index in [0.717, 1.165) is 18.7 Å². The van der Waals surface area contributed by atoms with E-state index in [1.165, 1.54) is 33.5 Å². The third-order valence-electron chi connectivity index (χ3n) is 7.01. The molecule has 0 atom stereocenters. The molecule has 2 N–H and O–H groups in total. The van der Waals surface area contributed by atoms with Gasteiger partial charge in [0.1, 0.15) is 0 Å². The van der Waals surface area contributed by atoms with Crippen LogP contribution >= 0.6 is 0 Å². The minimum Gasteiger partial charge on any atom is -0.493 e. The maximum Gasteiger partial charge on any atom is 0.416 e. The van der Waals surface area contributed by atoms with Gasteiger partial charge in [0.15, 0.2) is 28.5 Å². The van der Waals surface area contributed by atoms with Crippen molar-refractivity contribution in [1.29, 1.82) is 0 Å². The van der Waals surface area contributed by atoms with E-state index in [1.807, 2.05) is 0 Å². The molecular weight excluding hydrogens is 563 g/mol. The highest BCUT2D eigenvalue weighted by Crippen LogP contribution is 2.40. The molecule has 0 radical (unpaired) electrons. The van der Waals surface area contributed by atoms with Crippen LogP contribution in [0.25, 0.3) is 11.2 Å². The second kappa shape index (κ2) is 13.4. The van der Waals surface area contributed by atoms with Gasteiger partial charge in [-0.2, -0.15) is 23.1 Å². The van der Waals surface area contributed by atoms with E-state index < -0.39 is 11.7 Å². The zero-order chi connectivity index (χ0) is 31.3. The van der Waals surface area contributed by atoms with Crippen molar-refractivity contribution in [2.24, 2.45) is 0 Å². The molecule has 232 valence electrons. The molecule has 0 saturated carbocycles. The number of alkyl halides is 3. The van der Waals surface area contributed by atoms with Crippen LogP contribution in [-0.2, 0) is 12.7 Å². The molecule has 0 bridgehead atoms. The fourth-order valence-corrected chi connectivity index (χ4v) is 4.93. The van der Waals surface area contributed by atoms with E-state index in [1.54, 1.807) is 23.0 Å². The third-order valence-corrected chi connectivity index (χ3v) is 7.01. The average Bonchev–Trinajstić information content (AvgIpc) is 3.36. The Hall–Kier alpha value is -4.26. The van der Waals surface area contributed by atoms with E-state index in [2.05, 4.69) is 48.2 Å². The van der Waals surface area contributed by atoms with Gasteiger partial charge < -0.3 is 29.4 Å². The Labute approximate surface area is 249 Å². The second-order valence-electron chi connectivity index (χ2n) is 10.5. The lowest BCUT2D eigenvalue weighted by atomic mass is 10.1. The summed E-state index contributed by atoms with van der Waals surface area (Å²) in [6, 6.07) is 9.27. The minimum atomic E-state index is -4.40. The molecule has 10 nitrogen and oxygen atoms in total. The summed E-state index contributed by atoms with van der Waals surface area (Å²) < 4.78 is 57.4. The number of rotatable bonds is 13. The fraction of sp³-hybridized carbons (Fsp3) is 0.433. The Balaban J connectivity index is 1.70. The number of hydrogen-bond acceptors (Lipinski definition) is 9. The fourth-order valence-electron chi connectivity index (χ4n) is 4.93. The van der Waals surface area contributed by atoms with Gasteiger partial charge in [-0.05, 0) is 45.4 Å². The summed E-state index contributed by atoms with van der Waals surface area (Å²) in [6.45, 7) is 10.3. The minimum absolute atomic E-state index is 0.267. The van der Waals surface area contributed by atoms with Crippen LogP contribution in [-0.4, -0.2) is 70.9 Å². The van der Waals surface area contributed by atoms with Gasteiger partial charge in [-0.25, -0.2) is 4.98 Å². The molecule has 4 aromatic rings. The second-order valence-corrected chi connectivity index (χ2v) is 10.5. The molecule has 2 aromatic heterocycles. The SMILES string of the molecule is COc1cc(Nc2nc(NCCN(C(C)C)C(C)C)c3ncn(Cc4ccc(C(F)(F)F)cc4)c3n2)cc(OC)c1OC. The van der Waals surface area contributed by atoms with Gasteiger partial charge >= 0.3 is 6.18 Å². The summed E-state index contributed by atoms with van der Waals surface area (Å²) in [5, 5.41) is 6.64. The van der Waals surface area contributed by atoms with Crippen molar-refractivity contribution in [2.45, 2.75) is 52.5 Å². The number of benzene rings is 2. The molecule has 4 rings (SSSR count). The van der Waals surface area contributed by atoms with Crippen LogP contribution in [0, 0.1) is 0 Å². The van der Waals surface area contributed by atoms with E-state index in [9.17, 15) is 13.2 Å². The summed E-state index contributed by atoms with van der Waals surface area (Å²) in [5.41, 5.74) is 1.62. The topological polar surface area (TPSA) is 98.6 Å². The lowest BCUT2D eigenvalue weighted by Gasteiger charge is -2.30. The van der Waals surface area contributed by atoms with Crippen molar-refractivity contribution in [1.82, 2.24) is 24.4 Å². The Morgan fingerprint density at radius 1 is 0.907 bits per heavy atom. The Bertz CT molecular complexity index is 1490. The van der Waals surface area contributed by atoms with Crippen molar-refractivity contribution in [3.8, 4) is 17.2 Å². The van der Waals surface area contributed by atoms with Crippen molar-refractivity contribution in [3.05, 3.63) is 53.9 Å². The van der Waals surface area contributed by atoms with Gasteiger partial charge in [-0.15, -0.1) is 0 Å². The van der Waals surface area contributed by atoms with Crippen LogP contribution < -0.4 is 24.8 Å². The first-order valence-corrected chi connectivity index (χ1v) is 13.9. The van der Waals surface area contributed by atoms with Crippen molar-refractivity contribution < 1.29 is 27.4 Å². The number of anilines is 3. The normalized spacial score (nSPS) is 11.9. The number of nitrogens with zero attached hydrogens (tertiary/aromatic N) is 5. The number of halogens is 3. The molecule has 0 amide bonds. The number of aromatic nitrogens is 4. The highest BCUT2D eigenvalue weighted by atomic mass is 19.4. The molecule has 0 fully saturated rings. The average molecular weight is 602 g/mol. The monoisotopic (exact) mass is 601 g/mol. The van der Waals surface area contributed by atoms with Crippen LogP contribution in [0.2, 0.25) is 0 Å². The number of hydrogen-bond donors (Lipinski definition) is 2. The van der Waals surface area contributed by atoms with Gasteiger partial charge in [0.05, 0.1) is 39.8 Å². The molecule has 0 spiro atoms. The summed E-state index contributed by atoms with van der Waals surface area (Å²) in [4.78, 5) is 16.4. The smallest absolute Gasteiger partial charge is 0.416 e. The molecule has 13 heteroatoms. The van der Waals surface area contributed by atoms with Gasteiger partial charge in [-0.1, -0.05) is 12.1 Å². The zero-order valence-corrected chi connectivity index (χ0v) is 25.4. The molecule has 43 heavy (non-hydrogen) atoms. The number of ether oxygens (including phenoxy) is 3. The van der Waals surface area contributed by atoms with Crippen LogP contribution in [0.5, 0.6) is 17.2 Å². The van der Waals surface area contributed by atoms with Crippen LogP contribution in [0.1, 0.15) is 38.8 Å². The van der Waals surface area contributed by atoms with Crippen LogP contribution in [0.15, 0.2) is 42.7 Å². The van der Waals surface area contributed by atoms with Gasteiger partial charge in [0.25, 0.3) is 0 Å². The predicted octanol–water partition coefficient (Wildman–Crippen LogP) is 6.19. The number of fused-ring (bicyclic) bond motifs is 1. The number of methoxy groups -OCH3 is 3. The highest BCUT2D eigenvalue weighted by Gasteiger charge is 2.30. The zero-order valence-electron chi connectivity index (χ0n) is 25.4. The van der Waals surface area contributed by atoms with Crippen LogP contribution in [0.4, 0.5) is 30.6 Å². The summed E-state index contributed by atoms with van der Waals surface area (Å²) >= 11 is 0. The summed E-state index contributed by atoms with van der Waals surface area (Å²) in [7, 11) is 4.59. The molecule has 2 aromatic carbocycles. The van der Waals surface area contributed by atoms with E-state index in [-0.39, 0.29) is 12.5 Å². The van der Waals surface area contributed by atoms with E-state index >= 15 is 0 Å². The van der Waals surface area contributed by atoms with Crippen molar-refractivity contribution >= 4 is 28.6 Å². The first kappa shape index (κ1) is 31.7. The first-order chi connectivity index (χ1) is 20.4. The maximum atomic E-state index is 13.1. The molecule has 0 unspecified atom stereocenters. The standard InChI is InChI=1S/C30H38F3N7O3/c1-18(2)40(19(3)4)13-12-34-27-25-28(39(17-35-25)16-20-8-10-21(11-9-20)30(31,32)33)38-29(37-27)36-22-14-23(41-5)26(43-7)24(15-22)42-6/h8-11,14-15,17-19H,12-13,16H2,1-7H3,(H2,34,36,37,38). The van der Waals surface area contributed by atoms with Crippen molar-refractivity contribution in [3.63, 3.8) is 0 Å². The van der Waals surface area contributed by atoms with Gasteiger partial charge in [0.2, 0.25) is 11.7 Å². The highest BCUT2D eigenvalue weighted by molar-refractivity contribution is 5.85. The quantitative estimate of drug-likeness (QED) is 0.186. The van der Waals surface area contributed by atoms with Gasteiger partial charge in [0, 0.05) is 43.0 Å². The largest absolute Gasteiger partial charge is 0.493 e. The number of imidazole rings is 1. The Kier molecular flexibility index (Phi) is 9.84. The first-order valence-electron chi connectivity index (χ1n) is 13.9. The molecule has 0 aliphatic carbocycles. The lowest BCUT2D eigenvalue weighted by Crippen LogP contribution is -2.40. The molecular formula is C30H38F3N7O3. The molecule has 0 aliphatic rings. The molecule has 2 heterocycles. The van der Waals surface area contributed by atoms with Crippen LogP contribution in [0.3, 0.4) is 0 Å².